The number of nitrogens with one attached hydrogen (secondary N) is 1. The Hall–Kier alpha value is -0.610. The van der Waals surface area contributed by atoms with Gasteiger partial charge in [0.2, 0.25) is 5.91 Å². The summed E-state index contributed by atoms with van der Waals surface area (Å²) in [7, 11) is 0. The van der Waals surface area contributed by atoms with Crippen molar-refractivity contribution in [2.75, 3.05) is 6.61 Å². The molecule has 4 nitrogen and oxygen atoms in total. The molecular formula is C9H19NO3. The van der Waals surface area contributed by atoms with E-state index in [2.05, 4.69) is 5.32 Å². The molecule has 0 fully saturated rings. The van der Waals surface area contributed by atoms with Crippen LogP contribution in [0.25, 0.3) is 0 Å². The first kappa shape index (κ1) is 12.4. The third-order valence-corrected chi connectivity index (χ3v) is 1.87. The topological polar surface area (TPSA) is 69.6 Å². The minimum absolute atomic E-state index is 0.0308. The van der Waals surface area contributed by atoms with Crippen LogP contribution in [0.2, 0.25) is 0 Å². The van der Waals surface area contributed by atoms with Gasteiger partial charge in [-0.25, -0.2) is 0 Å². The molecule has 13 heavy (non-hydrogen) atoms. The maximum atomic E-state index is 11.1. The van der Waals surface area contributed by atoms with E-state index in [-0.39, 0.29) is 18.6 Å². The smallest absolute Gasteiger partial charge is 0.220 e. The van der Waals surface area contributed by atoms with Crippen LogP contribution >= 0.6 is 0 Å². The van der Waals surface area contributed by atoms with Crippen LogP contribution in [0.1, 0.15) is 33.1 Å². The molecular weight excluding hydrogens is 170 g/mol. The Kier molecular flexibility index (Phi) is 6.54. The molecule has 0 aromatic rings. The minimum atomic E-state index is -0.444. The molecule has 78 valence electrons. The summed E-state index contributed by atoms with van der Waals surface area (Å²) in [5.74, 6) is -0.109. The first-order chi connectivity index (χ1) is 6.10. The zero-order chi connectivity index (χ0) is 10.3. The van der Waals surface area contributed by atoms with Crippen LogP contribution in [-0.2, 0) is 4.79 Å². The monoisotopic (exact) mass is 189 g/mol. The summed E-state index contributed by atoms with van der Waals surface area (Å²) in [5.41, 5.74) is 0. The average molecular weight is 189 g/mol. The van der Waals surface area contributed by atoms with E-state index >= 15 is 0 Å². The molecule has 0 aliphatic carbocycles. The van der Waals surface area contributed by atoms with E-state index in [9.17, 15) is 4.79 Å². The Balaban J connectivity index is 3.60. The molecule has 4 heteroatoms. The fourth-order valence-corrected chi connectivity index (χ4v) is 0.917. The Labute approximate surface area is 79.0 Å². The third kappa shape index (κ3) is 6.54. The van der Waals surface area contributed by atoms with Crippen molar-refractivity contribution in [2.45, 2.75) is 45.3 Å². The molecule has 0 heterocycles. The van der Waals surface area contributed by atoms with Crippen molar-refractivity contribution in [1.82, 2.24) is 5.32 Å². The number of hydrogen-bond donors (Lipinski definition) is 3. The first-order valence-corrected chi connectivity index (χ1v) is 4.68. The summed E-state index contributed by atoms with van der Waals surface area (Å²) in [6, 6.07) is -0.151. The number of rotatable bonds is 6. The second-order valence-electron chi connectivity index (χ2n) is 3.24. The quantitative estimate of drug-likeness (QED) is 0.552. The van der Waals surface area contributed by atoms with Crippen molar-refractivity contribution < 1.29 is 15.0 Å². The minimum Gasteiger partial charge on any atom is -0.394 e. The highest BCUT2D eigenvalue weighted by Crippen LogP contribution is 1.97. The molecule has 0 spiro atoms. The van der Waals surface area contributed by atoms with E-state index < -0.39 is 6.10 Å². The van der Waals surface area contributed by atoms with Gasteiger partial charge in [-0.05, 0) is 19.8 Å². The molecule has 0 radical (unpaired) electrons. The van der Waals surface area contributed by atoms with Crippen LogP contribution in [0.5, 0.6) is 0 Å². The van der Waals surface area contributed by atoms with E-state index in [4.69, 9.17) is 10.2 Å². The normalized spacial score (nSPS) is 15.1. The molecule has 0 saturated heterocycles. The number of hydrogen-bond acceptors (Lipinski definition) is 3. The molecule has 0 saturated carbocycles. The second kappa shape index (κ2) is 6.86. The lowest BCUT2D eigenvalue weighted by Crippen LogP contribution is -2.37. The Morgan fingerprint density at radius 2 is 2.15 bits per heavy atom. The van der Waals surface area contributed by atoms with E-state index in [0.29, 0.717) is 12.8 Å². The number of carbonyl (C=O) groups excluding carboxylic acids is 1. The van der Waals surface area contributed by atoms with Gasteiger partial charge in [-0.3, -0.25) is 4.79 Å². The summed E-state index contributed by atoms with van der Waals surface area (Å²) in [6.45, 7) is 3.52. The van der Waals surface area contributed by atoms with Crippen molar-refractivity contribution in [3.63, 3.8) is 0 Å². The van der Waals surface area contributed by atoms with E-state index in [1.807, 2.05) is 6.92 Å². The van der Waals surface area contributed by atoms with Gasteiger partial charge in [0.15, 0.2) is 0 Å². The van der Waals surface area contributed by atoms with Crippen molar-refractivity contribution in [2.24, 2.45) is 0 Å². The molecule has 0 aliphatic heterocycles. The second-order valence-corrected chi connectivity index (χ2v) is 3.24. The maximum absolute atomic E-state index is 11.1. The van der Waals surface area contributed by atoms with Crippen molar-refractivity contribution >= 4 is 5.91 Å². The summed E-state index contributed by atoms with van der Waals surface area (Å²) in [6.07, 6.45) is 1.05. The fraction of sp³-hybridized carbons (Fsp3) is 0.889. The number of aliphatic hydroxyl groups is 2. The zero-order valence-electron chi connectivity index (χ0n) is 8.29. The lowest BCUT2D eigenvalue weighted by molar-refractivity contribution is -0.122. The van der Waals surface area contributed by atoms with Gasteiger partial charge in [0.1, 0.15) is 0 Å². The largest absolute Gasteiger partial charge is 0.394 e. The molecule has 1 unspecified atom stereocenters. The molecule has 0 bridgehead atoms. The Morgan fingerprint density at radius 1 is 1.54 bits per heavy atom. The van der Waals surface area contributed by atoms with E-state index in [1.54, 1.807) is 6.92 Å². The van der Waals surface area contributed by atoms with Crippen LogP contribution in [0, 0.1) is 0 Å². The number of amides is 1. The van der Waals surface area contributed by atoms with Crippen LogP contribution < -0.4 is 5.32 Å². The van der Waals surface area contributed by atoms with E-state index in [1.165, 1.54) is 0 Å². The highest BCUT2D eigenvalue weighted by Gasteiger charge is 2.09. The van der Waals surface area contributed by atoms with Gasteiger partial charge in [-0.15, -0.1) is 0 Å². The van der Waals surface area contributed by atoms with Gasteiger partial charge in [-0.2, -0.15) is 0 Å². The van der Waals surface area contributed by atoms with Gasteiger partial charge in [0, 0.05) is 6.42 Å². The fourth-order valence-electron chi connectivity index (χ4n) is 0.917. The molecule has 0 rings (SSSR count). The maximum Gasteiger partial charge on any atom is 0.220 e. The Bertz CT molecular complexity index is 144. The summed E-state index contributed by atoms with van der Waals surface area (Å²) in [4.78, 5) is 11.1. The van der Waals surface area contributed by atoms with Gasteiger partial charge in [-0.1, -0.05) is 6.92 Å². The van der Waals surface area contributed by atoms with Crippen molar-refractivity contribution in [1.29, 1.82) is 0 Å². The van der Waals surface area contributed by atoms with Gasteiger partial charge in [0.05, 0.1) is 18.8 Å². The molecule has 2 atom stereocenters. The number of aliphatic hydroxyl groups excluding tert-OH is 2. The highest BCUT2D eigenvalue weighted by atomic mass is 16.3. The molecule has 0 aliphatic rings. The van der Waals surface area contributed by atoms with Gasteiger partial charge in [0.25, 0.3) is 0 Å². The predicted molar refractivity (Wildman–Crippen MR) is 50.2 cm³/mol. The number of carbonyl (C=O) groups is 1. The SMILES string of the molecule is CC[C@H](CO)NC(=O)CCC(C)O. The van der Waals surface area contributed by atoms with Crippen LogP contribution in [0.4, 0.5) is 0 Å². The van der Waals surface area contributed by atoms with Gasteiger partial charge < -0.3 is 15.5 Å². The van der Waals surface area contributed by atoms with Gasteiger partial charge >= 0.3 is 0 Å². The van der Waals surface area contributed by atoms with Crippen molar-refractivity contribution in [3.8, 4) is 0 Å². The third-order valence-electron chi connectivity index (χ3n) is 1.87. The van der Waals surface area contributed by atoms with Crippen LogP contribution in [0.15, 0.2) is 0 Å². The molecule has 0 aromatic heterocycles. The van der Waals surface area contributed by atoms with E-state index in [0.717, 1.165) is 6.42 Å². The van der Waals surface area contributed by atoms with Crippen molar-refractivity contribution in [3.05, 3.63) is 0 Å². The highest BCUT2D eigenvalue weighted by molar-refractivity contribution is 5.76. The van der Waals surface area contributed by atoms with Crippen LogP contribution in [-0.4, -0.2) is 34.9 Å². The lowest BCUT2D eigenvalue weighted by Gasteiger charge is -2.14. The lowest BCUT2D eigenvalue weighted by atomic mass is 10.2. The van der Waals surface area contributed by atoms with Crippen LogP contribution in [0.3, 0.4) is 0 Å². The Morgan fingerprint density at radius 3 is 2.54 bits per heavy atom. The first-order valence-electron chi connectivity index (χ1n) is 4.68. The molecule has 3 N–H and O–H groups in total. The average Bonchev–Trinajstić information content (AvgIpc) is 2.10. The summed E-state index contributed by atoms with van der Waals surface area (Å²) in [5, 5.41) is 20.4. The molecule has 0 aromatic carbocycles. The zero-order valence-corrected chi connectivity index (χ0v) is 8.29. The standard InChI is InChI=1S/C9H19NO3/c1-3-8(6-11)10-9(13)5-4-7(2)12/h7-8,11-12H,3-6H2,1-2H3,(H,10,13)/t7?,8-/m1/s1. The molecule has 1 amide bonds. The predicted octanol–water partition coefficient (Wildman–Crippen LogP) is 0.0345. The summed E-state index contributed by atoms with van der Waals surface area (Å²) < 4.78 is 0. The summed E-state index contributed by atoms with van der Waals surface area (Å²) >= 11 is 0.